The molecule has 5 nitrogen and oxygen atoms in total. The molecule has 0 spiro atoms. The molecule has 102 valence electrons. The number of amides is 1. The van der Waals surface area contributed by atoms with E-state index in [0.717, 1.165) is 0 Å². The Bertz CT molecular complexity index is 362. The fourth-order valence-corrected chi connectivity index (χ4v) is 2.28. The number of aliphatic hydroxyl groups is 1. The summed E-state index contributed by atoms with van der Waals surface area (Å²) in [5.74, 6) is 0.0560. The zero-order valence-electron chi connectivity index (χ0n) is 11.6. The van der Waals surface area contributed by atoms with Gasteiger partial charge in [0.1, 0.15) is 6.04 Å². The van der Waals surface area contributed by atoms with Gasteiger partial charge in [-0.2, -0.15) is 5.26 Å². The fourth-order valence-electron chi connectivity index (χ4n) is 2.28. The minimum atomic E-state index is -0.786. The Hall–Kier alpha value is -1.12. The number of hydrogen-bond donors (Lipinski definition) is 2. The predicted molar refractivity (Wildman–Crippen MR) is 68.3 cm³/mol. The molecule has 0 aliphatic carbocycles. The Labute approximate surface area is 109 Å². The highest BCUT2D eigenvalue weighted by Crippen LogP contribution is 2.31. The Morgan fingerprint density at radius 1 is 1.61 bits per heavy atom. The Morgan fingerprint density at radius 2 is 2.17 bits per heavy atom. The average Bonchev–Trinajstić information content (AvgIpc) is 2.63. The summed E-state index contributed by atoms with van der Waals surface area (Å²) in [6.07, 6.45) is 0.690. The number of nitrogens with zero attached hydrogens (tertiary/aromatic N) is 2. The van der Waals surface area contributed by atoms with E-state index in [-0.39, 0.29) is 18.6 Å². The summed E-state index contributed by atoms with van der Waals surface area (Å²) in [6, 6.07) is 0.998. The fraction of sp³-hybridized carbons (Fsp3) is 0.846. The zero-order valence-corrected chi connectivity index (χ0v) is 11.6. The molecular weight excluding hydrogens is 230 g/mol. The van der Waals surface area contributed by atoms with Crippen molar-refractivity contribution in [2.24, 2.45) is 17.1 Å². The number of nitriles is 1. The highest BCUT2D eigenvalue weighted by Gasteiger charge is 2.44. The van der Waals surface area contributed by atoms with Crippen LogP contribution >= 0.6 is 0 Å². The maximum atomic E-state index is 12.4. The molecule has 0 bridgehead atoms. The predicted octanol–water partition coefficient (Wildman–Crippen LogP) is 0.481. The van der Waals surface area contributed by atoms with Crippen molar-refractivity contribution in [1.29, 1.82) is 5.26 Å². The van der Waals surface area contributed by atoms with Gasteiger partial charge in [-0.1, -0.05) is 20.8 Å². The second-order valence-corrected chi connectivity index (χ2v) is 5.97. The van der Waals surface area contributed by atoms with E-state index in [1.54, 1.807) is 18.7 Å². The molecule has 1 saturated heterocycles. The lowest BCUT2D eigenvalue weighted by Gasteiger charge is -2.35. The van der Waals surface area contributed by atoms with E-state index in [0.29, 0.717) is 12.3 Å². The van der Waals surface area contributed by atoms with Crippen molar-refractivity contribution in [3.05, 3.63) is 0 Å². The van der Waals surface area contributed by atoms with Gasteiger partial charge in [-0.15, -0.1) is 0 Å². The molecular formula is C13H23N3O2. The molecule has 1 aliphatic heterocycles. The van der Waals surface area contributed by atoms with Crippen molar-refractivity contribution in [2.45, 2.75) is 52.2 Å². The Kier molecular flexibility index (Phi) is 4.36. The van der Waals surface area contributed by atoms with Crippen molar-refractivity contribution in [2.75, 3.05) is 6.61 Å². The normalized spacial score (nSPS) is 30.1. The standard InChI is InChI=1S/C13H23N3O2/c1-8-5-10(6-14)16(9(8)2)12(18)11(15)13(3,4)7-17/h8-11,17H,5,7,15H2,1-4H3/t8?,9-,10?,11?/m0/s1. The van der Waals surface area contributed by atoms with Crippen molar-refractivity contribution >= 4 is 5.91 Å². The third kappa shape index (κ3) is 2.50. The number of nitrogens with two attached hydrogens (primary N) is 1. The lowest BCUT2D eigenvalue weighted by Crippen LogP contribution is -2.55. The van der Waals surface area contributed by atoms with E-state index in [2.05, 4.69) is 6.07 Å². The van der Waals surface area contributed by atoms with Crippen molar-refractivity contribution in [3.8, 4) is 6.07 Å². The maximum absolute atomic E-state index is 12.4. The second kappa shape index (κ2) is 5.25. The number of aliphatic hydroxyl groups excluding tert-OH is 1. The minimum absolute atomic E-state index is 0.0164. The van der Waals surface area contributed by atoms with Crippen molar-refractivity contribution < 1.29 is 9.90 Å². The number of rotatable bonds is 3. The van der Waals surface area contributed by atoms with E-state index in [1.165, 1.54) is 0 Å². The summed E-state index contributed by atoms with van der Waals surface area (Å²) >= 11 is 0. The largest absolute Gasteiger partial charge is 0.396 e. The zero-order chi connectivity index (χ0) is 14.1. The molecule has 3 N–H and O–H groups in total. The number of carbonyl (C=O) groups is 1. The molecule has 3 unspecified atom stereocenters. The molecule has 1 rings (SSSR count). The van der Waals surface area contributed by atoms with E-state index in [9.17, 15) is 9.90 Å². The van der Waals surface area contributed by atoms with Crippen LogP contribution < -0.4 is 5.73 Å². The quantitative estimate of drug-likeness (QED) is 0.765. The summed E-state index contributed by atoms with van der Waals surface area (Å²) in [5.41, 5.74) is 5.27. The third-order valence-electron chi connectivity index (χ3n) is 4.11. The van der Waals surface area contributed by atoms with Crippen LogP contribution in [0.2, 0.25) is 0 Å². The summed E-state index contributed by atoms with van der Waals surface area (Å²) < 4.78 is 0. The van der Waals surface area contributed by atoms with Gasteiger partial charge in [0.05, 0.1) is 18.7 Å². The molecule has 1 amide bonds. The summed E-state index contributed by atoms with van der Waals surface area (Å²) in [4.78, 5) is 14.0. The first-order valence-electron chi connectivity index (χ1n) is 6.34. The van der Waals surface area contributed by atoms with Crippen LogP contribution in [0.25, 0.3) is 0 Å². The van der Waals surface area contributed by atoms with Crippen LogP contribution in [0, 0.1) is 22.7 Å². The third-order valence-corrected chi connectivity index (χ3v) is 4.11. The van der Waals surface area contributed by atoms with Crippen LogP contribution in [0.4, 0.5) is 0 Å². The van der Waals surface area contributed by atoms with Gasteiger partial charge in [0, 0.05) is 11.5 Å². The first-order chi connectivity index (χ1) is 8.26. The van der Waals surface area contributed by atoms with Crippen LogP contribution in [0.3, 0.4) is 0 Å². The Morgan fingerprint density at radius 3 is 2.61 bits per heavy atom. The van der Waals surface area contributed by atoms with E-state index in [1.807, 2.05) is 13.8 Å². The topological polar surface area (TPSA) is 90.4 Å². The van der Waals surface area contributed by atoms with Gasteiger partial charge in [0.25, 0.3) is 0 Å². The smallest absolute Gasteiger partial charge is 0.241 e. The van der Waals surface area contributed by atoms with Crippen LogP contribution in [0.15, 0.2) is 0 Å². The van der Waals surface area contributed by atoms with E-state index >= 15 is 0 Å². The molecule has 4 atom stereocenters. The number of likely N-dealkylation sites (tertiary alicyclic amines) is 1. The van der Waals surface area contributed by atoms with Gasteiger partial charge in [-0.05, 0) is 19.3 Å². The molecule has 0 radical (unpaired) electrons. The van der Waals surface area contributed by atoms with Crippen molar-refractivity contribution in [3.63, 3.8) is 0 Å². The van der Waals surface area contributed by atoms with E-state index < -0.39 is 17.5 Å². The monoisotopic (exact) mass is 253 g/mol. The van der Waals surface area contributed by atoms with Crippen molar-refractivity contribution in [1.82, 2.24) is 4.90 Å². The summed E-state index contributed by atoms with van der Waals surface area (Å²) in [7, 11) is 0. The lowest BCUT2D eigenvalue weighted by atomic mass is 9.85. The molecule has 5 heteroatoms. The first kappa shape index (κ1) is 14.9. The van der Waals surface area contributed by atoms with E-state index in [4.69, 9.17) is 11.0 Å². The highest BCUT2D eigenvalue weighted by molar-refractivity contribution is 5.83. The Balaban J connectivity index is 2.93. The van der Waals surface area contributed by atoms with Gasteiger partial charge in [0.2, 0.25) is 5.91 Å². The SMILES string of the molecule is CC1CC(C#N)N(C(=O)C(N)C(C)(C)CO)[C@H]1C. The first-order valence-corrected chi connectivity index (χ1v) is 6.34. The van der Waals surface area contributed by atoms with Crippen LogP contribution in [0.1, 0.15) is 34.1 Å². The van der Waals surface area contributed by atoms with Crippen LogP contribution in [-0.2, 0) is 4.79 Å². The molecule has 0 aromatic rings. The maximum Gasteiger partial charge on any atom is 0.241 e. The van der Waals surface area contributed by atoms with Gasteiger partial charge >= 0.3 is 0 Å². The van der Waals surface area contributed by atoms with Gasteiger partial charge in [-0.3, -0.25) is 4.79 Å². The van der Waals surface area contributed by atoms with Crippen LogP contribution in [0.5, 0.6) is 0 Å². The molecule has 1 heterocycles. The minimum Gasteiger partial charge on any atom is -0.396 e. The van der Waals surface area contributed by atoms with Crippen LogP contribution in [-0.4, -0.2) is 40.6 Å². The summed E-state index contributed by atoms with van der Waals surface area (Å²) in [5, 5.41) is 18.4. The number of hydrogen-bond acceptors (Lipinski definition) is 4. The van der Waals surface area contributed by atoms with Gasteiger partial charge in [0.15, 0.2) is 0 Å². The molecule has 0 aromatic carbocycles. The summed E-state index contributed by atoms with van der Waals surface area (Å²) in [6.45, 7) is 7.32. The molecule has 1 fully saturated rings. The van der Waals surface area contributed by atoms with Gasteiger partial charge in [-0.25, -0.2) is 0 Å². The average molecular weight is 253 g/mol. The molecule has 0 saturated carbocycles. The molecule has 0 aromatic heterocycles. The van der Waals surface area contributed by atoms with Gasteiger partial charge < -0.3 is 15.7 Å². The number of carbonyl (C=O) groups excluding carboxylic acids is 1. The molecule has 18 heavy (non-hydrogen) atoms. The second-order valence-electron chi connectivity index (χ2n) is 5.97. The highest BCUT2D eigenvalue weighted by atomic mass is 16.3. The lowest BCUT2D eigenvalue weighted by molar-refractivity contribution is -0.138. The molecule has 1 aliphatic rings.